The van der Waals surface area contributed by atoms with E-state index in [1.165, 1.54) is 51.0 Å². The van der Waals surface area contributed by atoms with Crippen molar-refractivity contribution in [3.63, 3.8) is 0 Å². The van der Waals surface area contributed by atoms with Crippen LogP contribution in [0.3, 0.4) is 0 Å². The fourth-order valence-corrected chi connectivity index (χ4v) is 4.33. The van der Waals surface area contributed by atoms with E-state index in [1.807, 2.05) is 19.2 Å². The summed E-state index contributed by atoms with van der Waals surface area (Å²) >= 11 is 0. The van der Waals surface area contributed by atoms with E-state index < -0.39 is 0 Å². The molecule has 0 spiro atoms. The molecule has 170 valence electrons. The maximum absolute atomic E-state index is 5.52. The molecule has 1 aromatic carbocycles. The number of halogens is 1. The molecule has 6 nitrogen and oxygen atoms in total. The Kier molecular flexibility index (Phi) is 11.1. The van der Waals surface area contributed by atoms with Crippen LogP contribution < -0.4 is 20.3 Å². The second-order valence-electron chi connectivity index (χ2n) is 8.48. The number of para-hydroxylation sites is 2. The number of hydrogen-bond donors (Lipinski definition) is 2. The van der Waals surface area contributed by atoms with Gasteiger partial charge in [0.25, 0.3) is 0 Å². The van der Waals surface area contributed by atoms with Gasteiger partial charge in [-0.25, -0.2) is 0 Å². The lowest BCUT2D eigenvalue weighted by Crippen LogP contribution is -2.45. The molecule has 2 aliphatic heterocycles. The third-order valence-electron chi connectivity index (χ3n) is 6.25. The molecule has 2 fully saturated rings. The van der Waals surface area contributed by atoms with Gasteiger partial charge in [0.15, 0.2) is 5.96 Å². The van der Waals surface area contributed by atoms with Crippen molar-refractivity contribution in [3.8, 4) is 5.75 Å². The fraction of sp³-hybridized carbons (Fsp3) is 0.696. The summed E-state index contributed by atoms with van der Waals surface area (Å²) in [6.07, 6.45) is 6.27. The van der Waals surface area contributed by atoms with Gasteiger partial charge in [-0.05, 0) is 69.8 Å². The first-order valence-corrected chi connectivity index (χ1v) is 11.3. The summed E-state index contributed by atoms with van der Waals surface area (Å²) < 4.78 is 5.52. The van der Waals surface area contributed by atoms with E-state index >= 15 is 0 Å². The van der Waals surface area contributed by atoms with Gasteiger partial charge in [0.2, 0.25) is 0 Å². The first-order chi connectivity index (χ1) is 14.2. The maximum atomic E-state index is 5.52. The van der Waals surface area contributed by atoms with Gasteiger partial charge in [-0.3, -0.25) is 4.99 Å². The molecular formula is C23H40IN5O. The number of aliphatic imine (C=N–C) groups is 1. The minimum absolute atomic E-state index is 0. The second-order valence-corrected chi connectivity index (χ2v) is 8.48. The van der Waals surface area contributed by atoms with Gasteiger partial charge in [-0.1, -0.05) is 19.1 Å². The van der Waals surface area contributed by atoms with Crippen LogP contribution in [0.1, 0.15) is 39.0 Å². The quantitative estimate of drug-likeness (QED) is 0.234. The number of likely N-dealkylation sites (tertiary alicyclic amines) is 1. The van der Waals surface area contributed by atoms with Crippen molar-refractivity contribution < 1.29 is 4.74 Å². The molecule has 7 heteroatoms. The van der Waals surface area contributed by atoms with E-state index in [-0.39, 0.29) is 24.0 Å². The minimum Gasteiger partial charge on any atom is -0.495 e. The van der Waals surface area contributed by atoms with Crippen molar-refractivity contribution in [1.29, 1.82) is 0 Å². The van der Waals surface area contributed by atoms with Crippen molar-refractivity contribution in [3.05, 3.63) is 24.3 Å². The van der Waals surface area contributed by atoms with Crippen LogP contribution >= 0.6 is 24.0 Å². The summed E-state index contributed by atoms with van der Waals surface area (Å²) in [6.45, 7) is 9.14. The molecule has 2 saturated heterocycles. The number of hydrogen-bond acceptors (Lipinski definition) is 4. The van der Waals surface area contributed by atoms with Gasteiger partial charge in [-0.15, -0.1) is 24.0 Å². The zero-order valence-electron chi connectivity index (χ0n) is 18.9. The number of guanidine groups is 1. The Bertz CT molecular complexity index is 648. The largest absolute Gasteiger partial charge is 0.495 e. The third-order valence-corrected chi connectivity index (χ3v) is 6.25. The lowest BCUT2D eigenvalue weighted by atomic mass is 9.99. The van der Waals surface area contributed by atoms with Gasteiger partial charge in [0.05, 0.1) is 12.8 Å². The molecule has 0 bridgehead atoms. The van der Waals surface area contributed by atoms with Crippen molar-refractivity contribution in [2.75, 3.05) is 58.3 Å². The predicted octanol–water partition coefficient (Wildman–Crippen LogP) is 3.57. The summed E-state index contributed by atoms with van der Waals surface area (Å²) in [7, 11) is 3.60. The smallest absolute Gasteiger partial charge is 0.191 e. The summed E-state index contributed by atoms with van der Waals surface area (Å²) in [4.78, 5) is 9.43. The van der Waals surface area contributed by atoms with Crippen LogP contribution in [0, 0.1) is 5.92 Å². The average molecular weight is 530 g/mol. The molecule has 2 aliphatic rings. The Labute approximate surface area is 199 Å². The first kappa shape index (κ1) is 25.0. The number of nitrogens with zero attached hydrogens (tertiary/aromatic N) is 3. The van der Waals surface area contributed by atoms with Crippen LogP contribution in [0.15, 0.2) is 29.3 Å². The van der Waals surface area contributed by atoms with E-state index in [0.717, 1.165) is 43.7 Å². The number of methoxy groups -OCH3 is 1. The predicted molar refractivity (Wildman–Crippen MR) is 138 cm³/mol. The van der Waals surface area contributed by atoms with Crippen molar-refractivity contribution in [2.24, 2.45) is 10.9 Å². The Morgan fingerprint density at radius 1 is 1.13 bits per heavy atom. The molecule has 30 heavy (non-hydrogen) atoms. The Morgan fingerprint density at radius 3 is 2.63 bits per heavy atom. The monoisotopic (exact) mass is 529 g/mol. The Hall–Kier alpha value is -1.22. The number of benzene rings is 1. The number of ether oxygens (including phenoxy) is 1. The number of piperidine rings is 1. The van der Waals surface area contributed by atoms with E-state index in [4.69, 9.17) is 4.74 Å². The highest BCUT2D eigenvalue weighted by Gasteiger charge is 2.25. The standard InChI is InChI=1S/C23H39N5O.HI/c1-19-10-15-27(16-11-19)14-7-6-13-25-23(24-2)26-20-12-17-28(18-20)21-8-4-5-9-22(21)29-3;/h4-5,8-9,19-20H,6-7,10-18H2,1-3H3,(H2,24,25,26);1H. The first-order valence-electron chi connectivity index (χ1n) is 11.3. The van der Waals surface area contributed by atoms with E-state index in [9.17, 15) is 0 Å². The molecule has 2 N–H and O–H groups in total. The number of unbranched alkanes of at least 4 members (excludes halogenated alkanes) is 1. The van der Waals surface area contributed by atoms with Crippen LogP contribution in [-0.4, -0.2) is 70.3 Å². The summed E-state index contributed by atoms with van der Waals surface area (Å²) in [5.41, 5.74) is 1.18. The highest BCUT2D eigenvalue weighted by Crippen LogP contribution is 2.30. The zero-order chi connectivity index (χ0) is 20.5. The van der Waals surface area contributed by atoms with Gasteiger partial charge < -0.3 is 25.2 Å². The molecule has 2 heterocycles. The number of anilines is 1. The molecule has 0 aromatic heterocycles. The Morgan fingerprint density at radius 2 is 1.90 bits per heavy atom. The lowest BCUT2D eigenvalue weighted by Gasteiger charge is -2.30. The maximum Gasteiger partial charge on any atom is 0.191 e. The van der Waals surface area contributed by atoms with Crippen LogP contribution in [0.4, 0.5) is 5.69 Å². The van der Waals surface area contributed by atoms with Crippen molar-refractivity contribution >= 4 is 35.6 Å². The normalized spacial score (nSPS) is 20.7. The summed E-state index contributed by atoms with van der Waals surface area (Å²) in [5.74, 6) is 2.78. The summed E-state index contributed by atoms with van der Waals surface area (Å²) in [5, 5.41) is 7.09. The average Bonchev–Trinajstić information content (AvgIpc) is 3.22. The molecule has 0 amide bonds. The lowest BCUT2D eigenvalue weighted by molar-refractivity contribution is 0.189. The topological polar surface area (TPSA) is 52.1 Å². The van der Waals surface area contributed by atoms with Crippen molar-refractivity contribution in [1.82, 2.24) is 15.5 Å². The molecule has 0 saturated carbocycles. The highest BCUT2D eigenvalue weighted by atomic mass is 127. The van der Waals surface area contributed by atoms with Crippen molar-refractivity contribution in [2.45, 2.75) is 45.1 Å². The van der Waals surface area contributed by atoms with Gasteiger partial charge in [0, 0.05) is 32.7 Å². The van der Waals surface area contributed by atoms with E-state index in [0.29, 0.717) is 6.04 Å². The van der Waals surface area contributed by atoms with Gasteiger partial charge >= 0.3 is 0 Å². The van der Waals surface area contributed by atoms with Crippen LogP contribution in [0.2, 0.25) is 0 Å². The van der Waals surface area contributed by atoms with E-state index in [2.05, 4.69) is 44.5 Å². The van der Waals surface area contributed by atoms with Gasteiger partial charge in [-0.2, -0.15) is 0 Å². The number of nitrogens with one attached hydrogen (secondary N) is 2. The molecule has 1 unspecified atom stereocenters. The molecule has 0 radical (unpaired) electrons. The SMILES string of the molecule is CN=C(NCCCCN1CCC(C)CC1)NC1CCN(c2ccccc2OC)C1.I. The molecule has 1 atom stereocenters. The zero-order valence-corrected chi connectivity index (χ0v) is 21.2. The summed E-state index contributed by atoms with van der Waals surface area (Å²) in [6, 6.07) is 8.66. The number of rotatable bonds is 8. The Balaban J connectivity index is 0.00000320. The highest BCUT2D eigenvalue weighted by molar-refractivity contribution is 14.0. The fourth-order valence-electron chi connectivity index (χ4n) is 4.33. The molecule has 3 rings (SSSR count). The van der Waals surface area contributed by atoms with Crippen LogP contribution in [0.25, 0.3) is 0 Å². The van der Waals surface area contributed by atoms with Gasteiger partial charge in [0.1, 0.15) is 5.75 Å². The minimum atomic E-state index is 0. The molecule has 1 aromatic rings. The third kappa shape index (κ3) is 7.48. The van der Waals surface area contributed by atoms with E-state index in [1.54, 1.807) is 7.11 Å². The second kappa shape index (κ2) is 13.2. The van der Waals surface area contributed by atoms with Crippen LogP contribution in [-0.2, 0) is 0 Å². The molecule has 0 aliphatic carbocycles. The van der Waals surface area contributed by atoms with Crippen LogP contribution in [0.5, 0.6) is 5.75 Å². The molecular weight excluding hydrogens is 489 g/mol.